The third-order valence-corrected chi connectivity index (χ3v) is 3.48. The lowest BCUT2D eigenvalue weighted by atomic mass is 9.75. The van der Waals surface area contributed by atoms with Crippen molar-refractivity contribution in [1.82, 2.24) is 4.98 Å². The van der Waals surface area contributed by atoms with Crippen molar-refractivity contribution in [3.63, 3.8) is 0 Å². The highest BCUT2D eigenvalue weighted by Crippen LogP contribution is 2.44. The molecule has 1 saturated carbocycles. The van der Waals surface area contributed by atoms with Gasteiger partial charge in [0.2, 0.25) is 5.88 Å². The van der Waals surface area contributed by atoms with Crippen LogP contribution in [0.1, 0.15) is 24.8 Å². The summed E-state index contributed by atoms with van der Waals surface area (Å²) in [5.74, 6) is -5.36. The zero-order valence-electron chi connectivity index (χ0n) is 11.2. The number of anilines is 1. The van der Waals surface area contributed by atoms with E-state index in [1.807, 2.05) is 0 Å². The third-order valence-electron chi connectivity index (χ3n) is 3.48. The Bertz CT molecular complexity index is 530. The number of pyridine rings is 1. The van der Waals surface area contributed by atoms with Gasteiger partial charge in [0.25, 0.3) is 5.91 Å². The summed E-state index contributed by atoms with van der Waals surface area (Å²) in [4.78, 5) is 15.6. The van der Waals surface area contributed by atoms with Crippen LogP contribution in [0.25, 0.3) is 0 Å². The molecule has 0 unspecified atom stereocenters. The molecule has 5 nitrogen and oxygen atoms in total. The van der Waals surface area contributed by atoms with Gasteiger partial charge >= 0.3 is 5.92 Å². The van der Waals surface area contributed by atoms with Gasteiger partial charge in [0.1, 0.15) is 11.3 Å². The number of hydrogen-bond acceptors (Lipinski definition) is 4. The largest absolute Gasteiger partial charge is 0.480 e. The first-order valence-electron chi connectivity index (χ1n) is 6.22. The van der Waals surface area contributed by atoms with Crippen LogP contribution in [0.3, 0.4) is 0 Å². The van der Waals surface area contributed by atoms with Crippen LogP contribution >= 0.6 is 0 Å². The zero-order valence-corrected chi connectivity index (χ0v) is 11.2. The zero-order chi connectivity index (χ0) is 15.0. The molecule has 0 aliphatic heterocycles. The number of nitrogens with one attached hydrogen (secondary N) is 1. The Morgan fingerprint density at radius 2 is 2.20 bits per heavy atom. The Morgan fingerprint density at radius 1 is 1.55 bits per heavy atom. The van der Waals surface area contributed by atoms with Gasteiger partial charge in [-0.1, -0.05) is 0 Å². The van der Waals surface area contributed by atoms with Gasteiger partial charge in [-0.05, 0) is 37.8 Å². The van der Waals surface area contributed by atoms with Gasteiger partial charge < -0.3 is 15.2 Å². The van der Waals surface area contributed by atoms with E-state index in [-0.39, 0.29) is 24.4 Å². The molecule has 0 aromatic carbocycles. The Morgan fingerprint density at radius 3 is 2.70 bits per heavy atom. The smallest absolute Gasteiger partial charge is 0.352 e. The molecular weight excluding hydrogens is 270 g/mol. The van der Waals surface area contributed by atoms with Crippen molar-refractivity contribution < 1.29 is 23.4 Å². The van der Waals surface area contributed by atoms with E-state index in [2.05, 4.69) is 10.3 Å². The molecule has 2 rings (SSSR count). The summed E-state index contributed by atoms with van der Waals surface area (Å²) in [6, 6.07) is 1.48. The SMILES string of the molecule is COc1ncc(C)cc1NC(=O)C(F)(F)C1(O)CCC1. The highest BCUT2D eigenvalue weighted by molar-refractivity contribution is 5.98. The first-order valence-corrected chi connectivity index (χ1v) is 6.22. The first kappa shape index (κ1) is 14.6. The maximum atomic E-state index is 13.9. The highest BCUT2D eigenvalue weighted by atomic mass is 19.3. The maximum absolute atomic E-state index is 13.9. The lowest BCUT2D eigenvalue weighted by molar-refractivity contribution is -0.212. The predicted octanol–water partition coefficient (Wildman–Crippen LogP) is 1.89. The Balaban J connectivity index is 2.21. The fourth-order valence-electron chi connectivity index (χ4n) is 2.05. The van der Waals surface area contributed by atoms with Crippen LogP contribution in [0.4, 0.5) is 14.5 Å². The van der Waals surface area contributed by atoms with Gasteiger partial charge in [0.15, 0.2) is 0 Å². The van der Waals surface area contributed by atoms with Crippen molar-refractivity contribution >= 4 is 11.6 Å². The van der Waals surface area contributed by atoms with E-state index in [0.717, 1.165) is 0 Å². The summed E-state index contributed by atoms with van der Waals surface area (Å²) in [7, 11) is 1.32. The molecule has 1 amide bonds. The van der Waals surface area contributed by atoms with Crippen LogP contribution in [0, 0.1) is 6.92 Å². The summed E-state index contributed by atoms with van der Waals surface area (Å²) < 4.78 is 32.8. The molecule has 2 N–H and O–H groups in total. The van der Waals surface area contributed by atoms with Crippen LogP contribution in [0.2, 0.25) is 0 Å². The van der Waals surface area contributed by atoms with Crippen molar-refractivity contribution in [3.05, 3.63) is 17.8 Å². The number of alkyl halides is 2. The van der Waals surface area contributed by atoms with Gasteiger partial charge in [-0.2, -0.15) is 8.78 Å². The minimum absolute atomic E-state index is 0.0420. The second kappa shape index (κ2) is 4.97. The molecule has 1 heterocycles. The normalized spacial score (nSPS) is 17.2. The predicted molar refractivity (Wildman–Crippen MR) is 67.9 cm³/mol. The van der Waals surface area contributed by atoms with Gasteiger partial charge in [0.05, 0.1) is 7.11 Å². The van der Waals surface area contributed by atoms with Crippen LogP contribution in [0.5, 0.6) is 5.88 Å². The van der Waals surface area contributed by atoms with E-state index in [0.29, 0.717) is 12.0 Å². The summed E-state index contributed by atoms with van der Waals surface area (Å²) in [6.07, 6.45) is 1.80. The molecular formula is C13H16F2N2O3. The summed E-state index contributed by atoms with van der Waals surface area (Å²) in [6.45, 7) is 1.71. The second-order valence-electron chi connectivity index (χ2n) is 4.98. The van der Waals surface area contributed by atoms with Crippen molar-refractivity contribution in [3.8, 4) is 5.88 Å². The quantitative estimate of drug-likeness (QED) is 0.886. The molecule has 20 heavy (non-hydrogen) atoms. The topological polar surface area (TPSA) is 71.5 Å². The third kappa shape index (κ3) is 2.33. The monoisotopic (exact) mass is 286 g/mol. The molecule has 0 atom stereocenters. The van der Waals surface area contributed by atoms with Gasteiger partial charge in [-0.25, -0.2) is 4.98 Å². The molecule has 0 bridgehead atoms. The number of ether oxygens (including phenoxy) is 1. The van der Waals surface area contributed by atoms with Gasteiger partial charge in [-0.3, -0.25) is 4.79 Å². The molecule has 0 saturated heterocycles. The van der Waals surface area contributed by atoms with Crippen LogP contribution in [0.15, 0.2) is 12.3 Å². The number of carbonyl (C=O) groups excluding carboxylic acids is 1. The molecule has 1 aliphatic carbocycles. The molecule has 1 aromatic heterocycles. The van der Waals surface area contributed by atoms with E-state index < -0.39 is 17.4 Å². The Labute approximate surface area is 115 Å². The number of halogens is 2. The number of aromatic nitrogens is 1. The number of carbonyl (C=O) groups is 1. The van der Waals surface area contributed by atoms with E-state index in [1.54, 1.807) is 6.92 Å². The number of aryl methyl sites for hydroxylation is 1. The second-order valence-corrected chi connectivity index (χ2v) is 4.98. The summed E-state index contributed by atoms with van der Waals surface area (Å²) in [5, 5.41) is 11.8. The van der Waals surface area contributed by atoms with Crippen LogP contribution < -0.4 is 10.1 Å². The highest BCUT2D eigenvalue weighted by Gasteiger charge is 2.61. The van der Waals surface area contributed by atoms with E-state index in [4.69, 9.17) is 4.74 Å². The number of aliphatic hydroxyl groups is 1. The molecule has 0 spiro atoms. The van der Waals surface area contributed by atoms with Crippen molar-refractivity contribution in [2.24, 2.45) is 0 Å². The lowest BCUT2D eigenvalue weighted by Gasteiger charge is -2.41. The van der Waals surface area contributed by atoms with E-state index >= 15 is 0 Å². The number of rotatable bonds is 4. The van der Waals surface area contributed by atoms with Crippen LogP contribution in [-0.4, -0.2) is 34.6 Å². The molecule has 0 radical (unpaired) electrons. The fourth-order valence-corrected chi connectivity index (χ4v) is 2.05. The van der Waals surface area contributed by atoms with Crippen molar-refractivity contribution in [2.45, 2.75) is 37.7 Å². The standard InChI is InChI=1S/C13H16F2N2O3/c1-8-6-9(10(20-2)16-7-8)17-11(18)13(14,15)12(19)4-3-5-12/h6-7,19H,3-5H2,1-2H3,(H,17,18). The molecule has 1 aromatic rings. The van der Waals surface area contributed by atoms with E-state index in [9.17, 15) is 18.7 Å². The summed E-state index contributed by atoms with van der Waals surface area (Å²) >= 11 is 0. The van der Waals surface area contributed by atoms with Gasteiger partial charge in [-0.15, -0.1) is 0 Å². The average molecular weight is 286 g/mol. The molecule has 7 heteroatoms. The van der Waals surface area contributed by atoms with Gasteiger partial charge in [0, 0.05) is 6.20 Å². The van der Waals surface area contributed by atoms with Crippen LogP contribution in [-0.2, 0) is 4.79 Å². The number of methoxy groups -OCH3 is 1. The molecule has 110 valence electrons. The lowest BCUT2D eigenvalue weighted by Crippen LogP contribution is -2.59. The Kier molecular flexibility index (Phi) is 3.64. The average Bonchev–Trinajstić information content (AvgIpc) is 2.36. The first-order chi connectivity index (χ1) is 9.30. The fraction of sp³-hybridized carbons (Fsp3) is 0.538. The number of amides is 1. The number of hydrogen-bond donors (Lipinski definition) is 2. The molecule has 1 fully saturated rings. The van der Waals surface area contributed by atoms with E-state index in [1.165, 1.54) is 19.4 Å². The molecule has 1 aliphatic rings. The minimum atomic E-state index is -3.85. The van der Waals surface area contributed by atoms with Crippen molar-refractivity contribution in [2.75, 3.05) is 12.4 Å². The summed E-state index contributed by atoms with van der Waals surface area (Å²) in [5.41, 5.74) is -1.51. The number of nitrogens with zero attached hydrogens (tertiary/aromatic N) is 1. The maximum Gasteiger partial charge on any atom is 0.352 e. The minimum Gasteiger partial charge on any atom is -0.480 e. The Hall–Kier alpha value is -1.76. The van der Waals surface area contributed by atoms with Crippen molar-refractivity contribution in [1.29, 1.82) is 0 Å².